The molecule has 9 nitrogen and oxygen atoms in total. The summed E-state index contributed by atoms with van der Waals surface area (Å²) in [7, 11) is 0. The number of nitrogens with zero attached hydrogens (tertiary/aromatic N) is 2. The lowest BCUT2D eigenvalue weighted by Gasteiger charge is -2.38. The minimum Gasteiger partial charge on any atom is -0.463 e. The smallest absolute Gasteiger partial charge is 0.259 e. The molecule has 0 unspecified atom stereocenters. The molecule has 1 aromatic heterocycles. The zero-order valence-corrected chi connectivity index (χ0v) is 27.5. The van der Waals surface area contributed by atoms with Crippen molar-refractivity contribution in [3.8, 4) is 0 Å². The third-order valence-electron chi connectivity index (χ3n) is 10.1. The first-order valence-corrected chi connectivity index (χ1v) is 16.8. The molecule has 2 saturated heterocycles. The van der Waals surface area contributed by atoms with E-state index in [1.807, 2.05) is 55.1 Å². The summed E-state index contributed by atoms with van der Waals surface area (Å²) in [5.41, 5.74) is 4.69. The van der Waals surface area contributed by atoms with Gasteiger partial charge < -0.3 is 28.9 Å². The van der Waals surface area contributed by atoms with Crippen molar-refractivity contribution in [2.45, 2.75) is 96.6 Å². The molecule has 3 heterocycles. The zero-order valence-electron chi connectivity index (χ0n) is 27.5. The summed E-state index contributed by atoms with van der Waals surface area (Å²) in [5.74, 6) is 0.0175. The van der Waals surface area contributed by atoms with E-state index in [4.69, 9.17) is 13.9 Å². The number of nitrogens with one attached hydrogen (secondary N) is 1. The average Bonchev–Trinajstić information content (AvgIpc) is 3.67. The van der Waals surface area contributed by atoms with Crippen molar-refractivity contribution in [2.24, 2.45) is 5.92 Å². The van der Waals surface area contributed by atoms with Crippen LogP contribution in [-0.2, 0) is 25.5 Å². The first-order chi connectivity index (χ1) is 22.2. The van der Waals surface area contributed by atoms with Crippen molar-refractivity contribution in [3.05, 3.63) is 64.9 Å². The molecule has 246 valence electrons. The van der Waals surface area contributed by atoms with Crippen LogP contribution in [0.25, 0.3) is 11.0 Å². The van der Waals surface area contributed by atoms with Gasteiger partial charge in [-0.2, -0.15) is 0 Å². The summed E-state index contributed by atoms with van der Waals surface area (Å²) < 4.78 is 18.0. The van der Waals surface area contributed by atoms with Crippen molar-refractivity contribution < 1.29 is 28.3 Å². The van der Waals surface area contributed by atoms with Gasteiger partial charge in [0.2, 0.25) is 5.91 Å². The number of ether oxygens (including phenoxy) is 2. The van der Waals surface area contributed by atoms with E-state index in [0.717, 1.165) is 79.2 Å². The van der Waals surface area contributed by atoms with Crippen LogP contribution in [0, 0.1) is 19.8 Å². The van der Waals surface area contributed by atoms with Gasteiger partial charge in [-0.25, -0.2) is 0 Å². The molecule has 1 aliphatic carbocycles. The number of benzene rings is 2. The van der Waals surface area contributed by atoms with Gasteiger partial charge >= 0.3 is 0 Å². The molecule has 9 heteroatoms. The number of morpholine rings is 1. The highest BCUT2D eigenvalue weighted by Crippen LogP contribution is 2.31. The molecule has 46 heavy (non-hydrogen) atoms. The number of aldehydes is 1. The number of para-hydroxylation sites is 1. The van der Waals surface area contributed by atoms with E-state index in [9.17, 15) is 14.4 Å². The van der Waals surface area contributed by atoms with E-state index in [1.165, 1.54) is 6.26 Å². The number of fused-ring (bicyclic) bond motifs is 1. The van der Waals surface area contributed by atoms with E-state index in [2.05, 4.69) is 24.1 Å². The van der Waals surface area contributed by atoms with Gasteiger partial charge in [-0.3, -0.25) is 14.5 Å². The molecule has 4 atom stereocenters. The fraction of sp³-hybridized carbons (Fsp3) is 0.541. The molecule has 6 rings (SSSR count). The van der Waals surface area contributed by atoms with E-state index in [1.54, 1.807) is 0 Å². The van der Waals surface area contributed by atoms with Crippen LogP contribution in [0.5, 0.6) is 0 Å². The molecule has 2 aromatic carbocycles. The quantitative estimate of drug-likeness (QED) is 0.303. The Bertz CT molecular complexity index is 1550. The number of hydrogen-bond donors (Lipinski definition) is 1. The first-order valence-electron chi connectivity index (χ1n) is 16.8. The van der Waals surface area contributed by atoms with Gasteiger partial charge in [0.1, 0.15) is 18.1 Å². The molecular formula is C37H47N3O6. The molecule has 1 N–H and O–H groups in total. The van der Waals surface area contributed by atoms with Gasteiger partial charge in [-0.15, -0.1) is 0 Å². The van der Waals surface area contributed by atoms with Gasteiger partial charge in [0, 0.05) is 42.7 Å². The van der Waals surface area contributed by atoms with Gasteiger partial charge in [-0.05, 0) is 88.6 Å². The second-order valence-electron chi connectivity index (χ2n) is 13.7. The number of aryl methyl sites for hydroxylation is 2. The Hall–Kier alpha value is -3.53. The van der Waals surface area contributed by atoms with Crippen LogP contribution in [-0.4, -0.2) is 84.5 Å². The zero-order chi connectivity index (χ0) is 32.4. The summed E-state index contributed by atoms with van der Waals surface area (Å²) in [5, 5.41) is 3.82. The first kappa shape index (κ1) is 32.4. The van der Waals surface area contributed by atoms with E-state index >= 15 is 0 Å². The van der Waals surface area contributed by atoms with Gasteiger partial charge in [0.05, 0.1) is 42.9 Å². The van der Waals surface area contributed by atoms with Crippen molar-refractivity contribution in [3.63, 3.8) is 0 Å². The summed E-state index contributed by atoms with van der Waals surface area (Å²) in [6, 6.07) is 11.7. The van der Waals surface area contributed by atoms with Gasteiger partial charge in [0.15, 0.2) is 0 Å². The van der Waals surface area contributed by atoms with Crippen LogP contribution >= 0.6 is 0 Å². The molecule has 3 fully saturated rings. The van der Waals surface area contributed by atoms with Crippen molar-refractivity contribution in [2.75, 3.05) is 31.6 Å². The summed E-state index contributed by atoms with van der Waals surface area (Å²) in [6.45, 7) is 11.1. The standard InChI is InChI=1S/C37H47N3O6/c1-23-14-34(38-37(43)33-22-45-35-8-6-5-7-32(33)35)24(2)13-28(23)15-36(42)40-19-29(39-17-25(3)46-26(4)18-39)16-30(40)21-44-31-11-9-27(20-41)10-12-31/h5-8,13-14,20,22,25-27,29-31H,9-12,15-19,21H2,1-4H3,(H,38,43)/t25-,26+,27-,29-,30-,31-/m0/s1. The highest BCUT2D eigenvalue weighted by atomic mass is 16.5. The number of hydrogen-bond acceptors (Lipinski definition) is 7. The molecule has 3 aliphatic rings. The second-order valence-corrected chi connectivity index (χ2v) is 13.7. The number of furan rings is 1. The lowest BCUT2D eigenvalue weighted by molar-refractivity contribution is -0.133. The maximum atomic E-state index is 14.0. The minimum atomic E-state index is -0.228. The topological polar surface area (TPSA) is 101 Å². The minimum absolute atomic E-state index is 0.000464. The molecular weight excluding hydrogens is 582 g/mol. The maximum Gasteiger partial charge on any atom is 0.259 e. The fourth-order valence-electron chi connectivity index (χ4n) is 7.58. The van der Waals surface area contributed by atoms with Gasteiger partial charge in [-0.1, -0.05) is 24.3 Å². The Morgan fingerprint density at radius 2 is 1.74 bits per heavy atom. The van der Waals surface area contributed by atoms with Crippen LogP contribution in [0.1, 0.15) is 73.0 Å². The van der Waals surface area contributed by atoms with Crippen LogP contribution in [0.2, 0.25) is 0 Å². The maximum absolute atomic E-state index is 14.0. The lowest BCUT2D eigenvalue weighted by atomic mass is 9.88. The van der Waals surface area contributed by atoms with Crippen LogP contribution in [0.15, 0.2) is 47.1 Å². The number of amides is 2. The van der Waals surface area contributed by atoms with Crippen LogP contribution in [0.3, 0.4) is 0 Å². The Labute approximate surface area is 271 Å². The number of carbonyl (C=O) groups is 3. The number of carbonyl (C=O) groups excluding carboxylic acids is 3. The normalized spacial score (nSPS) is 27.2. The summed E-state index contributed by atoms with van der Waals surface area (Å²) in [4.78, 5) is 42.9. The molecule has 3 aromatic rings. The third kappa shape index (κ3) is 7.22. The SMILES string of the molecule is Cc1cc(NC(=O)c2coc3ccccc23)c(C)cc1CC(=O)N1C[C@@H](N2C[C@@H](C)O[C@@H](C)C2)C[C@H]1CO[C@H]1CC[C@H](C=O)CC1. The predicted octanol–water partition coefficient (Wildman–Crippen LogP) is 5.70. The molecule has 0 spiro atoms. The van der Waals surface area contributed by atoms with Gasteiger partial charge in [0.25, 0.3) is 5.91 Å². The van der Waals surface area contributed by atoms with E-state index in [-0.39, 0.29) is 54.5 Å². The molecule has 1 saturated carbocycles. The largest absolute Gasteiger partial charge is 0.463 e. The molecule has 2 aliphatic heterocycles. The Morgan fingerprint density at radius 1 is 1.00 bits per heavy atom. The van der Waals surface area contributed by atoms with Crippen molar-refractivity contribution >= 4 is 34.8 Å². The van der Waals surface area contributed by atoms with Crippen LogP contribution < -0.4 is 5.32 Å². The fourth-order valence-corrected chi connectivity index (χ4v) is 7.58. The van der Waals surface area contributed by atoms with Crippen LogP contribution in [0.4, 0.5) is 5.69 Å². The molecule has 0 bridgehead atoms. The second kappa shape index (κ2) is 14.1. The Kier molecular flexibility index (Phi) is 9.92. The highest BCUT2D eigenvalue weighted by Gasteiger charge is 2.40. The highest BCUT2D eigenvalue weighted by molar-refractivity contribution is 6.12. The predicted molar refractivity (Wildman–Crippen MR) is 177 cm³/mol. The number of likely N-dealkylation sites (tertiary alicyclic amines) is 1. The number of rotatable bonds is 9. The van der Waals surface area contributed by atoms with Crippen molar-refractivity contribution in [1.82, 2.24) is 9.80 Å². The molecule has 2 amide bonds. The van der Waals surface area contributed by atoms with E-state index in [0.29, 0.717) is 24.3 Å². The summed E-state index contributed by atoms with van der Waals surface area (Å²) >= 11 is 0. The monoisotopic (exact) mass is 629 g/mol. The third-order valence-corrected chi connectivity index (χ3v) is 10.1. The van der Waals surface area contributed by atoms with E-state index < -0.39 is 0 Å². The Balaban J connectivity index is 1.14. The molecule has 0 radical (unpaired) electrons. The average molecular weight is 630 g/mol. The van der Waals surface area contributed by atoms with Crippen molar-refractivity contribution in [1.29, 1.82) is 0 Å². The number of anilines is 1. The lowest BCUT2D eigenvalue weighted by Crippen LogP contribution is -2.51. The Morgan fingerprint density at radius 3 is 2.48 bits per heavy atom. The summed E-state index contributed by atoms with van der Waals surface area (Å²) in [6.07, 6.45) is 7.74.